The number of aromatic nitrogens is 1. The summed E-state index contributed by atoms with van der Waals surface area (Å²) in [6, 6.07) is 16.1. The molecule has 1 aromatic heterocycles. The number of anilines is 1. The lowest BCUT2D eigenvalue weighted by Gasteiger charge is -2.24. The highest BCUT2D eigenvalue weighted by molar-refractivity contribution is 8.15. The number of amidine groups is 1. The highest BCUT2D eigenvalue weighted by atomic mass is 32.2. The maximum atomic E-state index is 13.1. The van der Waals surface area contributed by atoms with Gasteiger partial charge in [-0.05, 0) is 31.0 Å². The lowest BCUT2D eigenvalue weighted by molar-refractivity contribution is -0.117. The van der Waals surface area contributed by atoms with Gasteiger partial charge in [0.15, 0.2) is 17.3 Å². The van der Waals surface area contributed by atoms with Crippen LogP contribution in [-0.2, 0) is 11.2 Å². The van der Waals surface area contributed by atoms with Crippen molar-refractivity contribution in [3.05, 3.63) is 65.9 Å². The molecule has 8 heteroatoms. The number of carbonyl (C=O) groups is 1. The summed E-state index contributed by atoms with van der Waals surface area (Å²) in [6.45, 7) is 2.62. The van der Waals surface area contributed by atoms with E-state index in [1.807, 2.05) is 60.5 Å². The topological polar surface area (TPSA) is 98.9 Å². The fraction of sp³-hybridized carbons (Fsp3) is 0.227. The summed E-state index contributed by atoms with van der Waals surface area (Å²) in [5, 5.41) is 4.37. The smallest absolute Gasteiger partial charge is 0.240 e. The van der Waals surface area contributed by atoms with Gasteiger partial charge in [-0.15, -0.1) is 0 Å². The molecule has 2 aromatic carbocycles. The first-order valence-electron chi connectivity index (χ1n) is 9.90. The second kappa shape index (κ2) is 7.53. The molecule has 0 unspecified atom stereocenters. The van der Waals surface area contributed by atoms with Gasteiger partial charge in [0.05, 0.1) is 5.25 Å². The number of H-pyrrole nitrogens is 1. The molecular formula is C22H22N6OS. The van der Waals surface area contributed by atoms with Crippen molar-refractivity contribution < 1.29 is 4.79 Å². The molecule has 5 rings (SSSR count). The van der Waals surface area contributed by atoms with Gasteiger partial charge >= 0.3 is 0 Å². The Morgan fingerprint density at radius 3 is 2.90 bits per heavy atom. The molecule has 3 aromatic rings. The largest absolute Gasteiger partial charge is 0.370 e. The van der Waals surface area contributed by atoms with Crippen LogP contribution in [0.3, 0.4) is 0 Å². The van der Waals surface area contributed by atoms with E-state index in [1.165, 1.54) is 17.3 Å². The number of aromatic amines is 1. The van der Waals surface area contributed by atoms with Gasteiger partial charge in [0, 0.05) is 34.9 Å². The van der Waals surface area contributed by atoms with Crippen LogP contribution in [0.15, 0.2) is 64.7 Å². The summed E-state index contributed by atoms with van der Waals surface area (Å²) in [7, 11) is 0. The van der Waals surface area contributed by atoms with Gasteiger partial charge in [-0.2, -0.15) is 0 Å². The molecule has 0 bridgehead atoms. The second-order valence-corrected chi connectivity index (χ2v) is 8.70. The number of fused-ring (bicyclic) bond motifs is 2. The predicted octanol–water partition coefficient (Wildman–Crippen LogP) is 3.15. The molecule has 0 saturated carbocycles. The molecular weight excluding hydrogens is 396 g/mol. The Kier molecular flexibility index (Phi) is 4.71. The number of nitrogens with one attached hydrogen (secondary N) is 2. The first kappa shape index (κ1) is 18.7. The van der Waals surface area contributed by atoms with Crippen molar-refractivity contribution in [3.63, 3.8) is 0 Å². The van der Waals surface area contributed by atoms with Gasteiger partial charge in [-0.25, -0.2) is 9.98 Å². The average Bonchev–Trinajstić information content (AvgIpc) is 3.37. The zero-order valence-electron chi connectivity index (χ0n) is 16.5. The number of hydrogen-bond donors (Lipinski definition) is 3. The number of hydrogen-bond acceptors (Lipinski definition) is 6. The van der Waals surface area contributed by atoms with Gasteiger partial charge in [0.1, 0.15) is 0 Å². The summed E-state index contributed by atoms with van der Waals surface area (Å²) in [4.78, 5) is 27.4. The van der Waals surface area contributed by atoms with Crippen molar-refractivity contribution in [2.45, 2.75) is 24.8 Å². The highest BCUT2D eigenvalue weighted by Gasteiger charge is 2.30. The molecule has 2 aliphatic heterocycles. The number of benzene rings is 2. The summed E-state index contributed by atoms with van der Waals surface area (Å²) < 4.78 is 0. The maximum Gasteiger partial charge on any atom is 0.240 e. The van der Waals surface area contributed by atoms with Crippen molar-refractivity contribution in [1.29, 1.82) is 0 Å². The number of rotatable bonds is 3. The van der Waals surface area contributed by atoms with Crippen LogP contribution in [0.25, 0.3) is 10.9 Å². The zero-order chi connectivity index (χ0) is 20.7. The molecule has 30 heavy (non-hydrogen) atoms. The Hall–Kier alpha value is -3.26. The minimum Gasteiger partial charge on any atom is -0.370 e. The van der Waals surface area contributed by atoms with Crippen LogP contribution < -0.4 is 16.0 Å². The molecule has 0 aliphatic carbocycles. The normalized spacial score (nSPS) is 19.1. The number of aliphatic imine (C=N–C) groups is 2. The third-order valence-corrected chi connectivity index (χ3v) is 6.41. The predicted molar refractivity (Wildman–Crippen MR) is 123 cm³/mol. The van der Waals surface area contributed by atoms with E-state index < -0.39 is 6.17 Å². The van der Waals surface area contributed by atoms with Crippen molar-refractivity contribution in [3.8, 4) is 0 Å². The first-order chi connectivity index (χ1) is 14.6. The summed E-state index contributed by atoms with van der Waals surface area (Å²) in [6.07, 6.45) is 2.36. The quantitative estimate of drug-likeness (QED) is 0.608. The molecule has 0 saturated heterocycles. The van der Waals surface area contributed by atoms with Crippen molar-refractivity contribution >= 4 is 45.4 Å². The van der Waals surface area contributed by atoms with E-state index >= 15 is 0 Å². The Balaban J connectivity index is 1.36. The Morgan fingerprint density at radius 2 is 2.00 bits per heavy atom. The Bertz CT molecular complexity index is 1180. The standard InChI is InChI=1S/C22H22N6OS/c1-13(20(29)28-11-10-14-6-2-5-9-18(14)28)30-22-26-19(25-21(23)27-22)16-12-24-17-8-4-3-7-15(16)17/h2-9,12-13,19,24H,10-11H2,1H3,(H3,23,25,26,27)/t13-,19-/m1/s1. The monoisotopic (exact) mass is 418 g/mol. The van der Waals surface area contributed by atoms with E-state index in [2.05, 4.69) is 21.4 Å². The highest BCUT2D eigenvalue weighted by Crippen LogP contribution is 2.32. The third-order valence-electron chi connectivity index (χ3n) is 5.42. The average molecular weight is 419 g/mol. The van der Waals surface area contributed by atoms with Gasteiger partial charge in [0.25, 0.3) is 0 Å². The van der Waals surface area contributed by atoms with Crippen molar-refractivity contribution in [2.24, 2.45) is 15.7 Å². The number of nitrogens with zero attached hydrogens (tertiary/aromatic N) is 3. The lowest BCUT2D eigenvalue weighted by Crippen LogP contribution is -2.41. The molecule has 1 amide bonds. The van der Waals surface area contributed by atoms with Crippen molar-refractivity contribution in [2.75, 3.05) is 11.4 Å². The van der Waals surface area contributed by atoms with Gasteiger partial charge in [-0.3, -0.25) is 4.79 Å². The summed E-state index contributed by atoms with van der Waals surface area (Å²) >= 11 is 1.38. The van der Waals surface area contributed by atoms with E-state index in [4.69, 9.17) is 10.7 Å². The van der Waals surface area contributed by atoms with Crippen LogP contribution in [0.2, 0.25) is 0 Å². The molecule has 7 nitrogen and oxygen atoms in total. The van der Waals surface area contributed by atoms with E-state index in [1.54, 1.807) is 0 Å². The summed E-state index contributed by atoms with van der Waals surface area (Å²) in [5.41, 5.74) is 10.2. The number of para-hydroxylation sites is 2. The summed E-state index contributed by atoms with van der Waals surface area (Å²) in [5.74, 6) is 0.369. The minimum atomic E-state index is -0.445. The number of thioether (sulfide) groups is 1. The van der Waals surface area contributed by atoms with Gasteiger partial charge in [0.2, 0.25) is 5.91 Å². The number of guanidine groups is 1. The second-order valence-electron chi connectivity index (χ2n) is 7.37. The van der Waals surface area contributed by atoms with Crippen LogP contribution in [0.5, 0.6) is 0 Å². The van der Waals surface area contributed by atoms with Crippen LogP contribution in [-0.4, -0.2) is 33.8 Å². The molecule has 4 N–H and O–H groups in total. The molecule has 0 fully saturated rings. The molecule has 0 radical (unpaired) electrons. The van der Waals surface area contributed by atoms with Crippen LogP contribution in [0.4, 0.5) is 5.69 Å². The minimum absolute atomic E-state index is 0.0687. The molecule has 2 atom stereocenters. The van der Waals surface area contributed by atoms with Crippen LogP contribution >= 0.6 is 11.8 Å². The van der Waals surface area contributed by atoms with Crippen LogP contribution in [0, 0.1) is 0 Å². The van der Waals surface area contributed by atoms with Gasteiger partial charge < -0.3 is 20.9 Å². The Labute approximate surface area is 178 Å². The number of amides is 1. The van der Waals surface area contributed by atoms with Crippen molar-refractivity contribution in [1.82, 2.24) is 10.3 Å². The third kappa shape index (κ3) is 3.33. The van der Waals surface area contributed by atoms with E-state index in [0.717, 1.165) is 28.6 Å². The van der Waals surface area contributed by atoms with E-state index in [9.17, 15) is 4.79 Å². The SMILES string of the molecule is C[C@@H](SC1=N[C@H](c2c[nH]c3ccccc23)N=C(N)N1)C(=O)N1CCc2ccccc21. The number of carbonyl (C=O) groups excluding carboxylic acids is 1. The number of nitrogens with two attached hydrogens (primary N) is 1. The first-order valence-corrected chi connectivity index (χ1v) is 10.8. The molecule has 0 spiro atoms. The zero-order valence-corrected chi connectivity index (χ0v) is 17.3. The molecule has 152 valence electrons. The molecule has 3 heterocycles. The Morgan fingerprint density at radius 1 is 1.20 bits per heavy atom. The maximum absolute atomic E-state index is 13.1. The fourth-order valence-corrected chi connectivity index (χ4v) is 4.84. The van der Waals surface area contributed by atoms with E-state index in [0.29, 0.717) is 17.7 Å². The lowest BCUT2D eigenvalue weighted by atomic mass is 10.1. The van der Waals surface area contributed by atoms with E-state index in [-0.39, 0.29) is 11.2 Å². The fourth-order valence-electron chi connectivity index (χ4n) is 3.96. The van der Waals surface area contributed by atoms with Crippen LogP contribution in [0.1, 0.15) is 24.2 Å². The van der Waals surface area contributed by atoms with Gasteiger partial charge in [-0.1, -0.05) is 48.2 Å². The molecule has 2 aliphatic rings.